The monoisotopic (exact) mass is 548 g/mol. The molecule has 3 saturated heterocycles. The van der Waals surface area contributed by atoms with Crippen molar-refractivity contribution < 1.29 is 19.2 Å². The fraction of sp³-hybridized carbons (Fsp3) is 0.333. The lowest BCUT2D eigenvalue weighted by Crippen LogP contribution is -2.54. The Morgan fingerprint density at radius 1 is 0.732 bits per heavy atom. The summed E-state index contributed by atoms with van der Waals surface area (Å²) in [5.41, 5.74) is 4.26. The molecule has 0 radical (unpaired) electrons. The summed E-state index contributed by atoms with van der Waals surface area (Å²) >= 11 is 0. The third kappa shape index (κ3) is 4.57. The molecular weight excluding hydrogens is 516 g/mol. The third-order valence-corrected chi connectivity index (χ3v) is 9.13. The summed E-state index contributed by atoms with van der Waals surface area (Å²) in [5.74, 6) is -1.89. The van der Waals surface area contributed by atoms with E-state index >= 15 is 0 Å². The maximum Gasteiger partial charge on any atom is 0.262 e. The van der Waals surface area contributed by atoms with Crippen LogP contribution in [0.1, 0.15) is 69.1 Å². The molecule has 4 aliphatic rings. The van der Waals surface area contributed by atoms with Crippen LogP contribution in [-0.2, 0) is 16.1 Å². The first-order valence-corrected chi connectivity index (χ1v) is 14.4. The minimum absolute atomic E-state index is 0.110. The first-order chi connectivity index (χ1) is 20.0. The Morgan fingerprint density at radius 3 is 1.95 bits per heavy atom. The smallest absolute Gasteiger partial charge is 0.262 e. The summed E-state index contributed by atoms with van der Waals surface area (Å²) in [7, 11) is 0. The molecular formula is C33H32N4O4. The number of piperazine rings is 1. The Kier molecular flexibility index (Phi) is 6.52. The third-order valence-electron chi connectivity index (χ3n) is 9.13. The van der Waals surface area contributed by atoms with Crippen LogP contribution in [-0.4, -0.2) is 69.5 Å². The Balaban J connectivity index is 1.09. The number of rotatable bonds is 6. The van der Waals surface area contributed by atoms with Gasteiger partial charge in [-0.05, 0) is 48.1 Å². The summed E-state index contributed by atoms with van der Waals surface area (Å²) in [6.45, 7) is 2.62. The van der Waals surface area contributed by atoms with Crippen LogP contribution in [0.3, 0.4) is 0 Å². The molecule has 0 aromatic heterocycles. The van der Waals surface area contributed by atoms with Gasteiger partial charge in [0.2, 0.25) is 11.8 Å². The van der Waals surface area contributed by atoms with E-state index in [9.17, 15) is 19.2 Å². The fourth-order valence-electron chi connectivity index (χ4n) is 7.20. The Labute approximate surface area is 238 Å². The summed E-state index contributed by atoms with van der Waals surface area (Å²) in [6.07, 6.45) is 2.52. The molecule has 4 aliphatic heterocycles. The minimum Gasteiger partial charge on any atom is -0.295 e. The minimum atomic E-state index is -0.949. The van der Waals surface area contributed by atoms with Crippen molar-refractivity contribution >= 4 is 23.6 Å². The number of hydrogen-bond acceptors (Lipinski definition) is 6. The first-order valence-electron chi connectivity index (χ1n) is 14.4. The number of carbonyl (C=O) groups is 4. The number of amides is 4. The highest BCUT2D eigenvalue weighted by molar-refractivity contribution is 6.23. The number of nitrogens with one attached hydrogen (secondary N) is 1. The second-order valence-corrected chi connectivity index (χ2v) is 11.6. The molecule has 3 aromatic carbocycles. The number of piperidine rings is 1. The van der Waals surface area contributed by atoms with E-state index in [1.807, 2.05) is 12.1 Å². The van der Waals surface area contributed by atoms with Gasteiger partial charge >= 0.3 is 0 Å². The topological polar surface area (TPSA) is 90.0 Å². The van der Waals surface area contributed by atoms with Gasteiger partial charge in [-0.3, -0.25) is 39.2 Å². The average Bonchev–Trinajstić information content (AvgIpc) is 3.35. The van der Waals surface area contributed by atoms with E-state index in [2.05, 4.69) is 75.8 Å². The number of hydrogen-bond donors (Lipinski definition) is 1. The Morgan fingerprint density at radius 2 is 1.34 bits per heavy atom. The second-order valence-electron chi connectivity index (χ2n) is 11.6. The standard InChI is InChI=1S/C33H32N4O4/c38-29-16-15-28(31(39)34-29)37-32(40)26-14-11-21(17-27(26)33(37)41)18-36-24-12-13-25(36)20-35(19-24)30(22-7-3-1-4-8-22)23-9-5-2-6-10-23/h1-11,14,17,24-25,28,30H,12-13,15-16,18-20H2,(H,34,38,39). The number of carbonyl (C=O) groups excluding carboxylic acids is 4. The van der Waals surface area contributed by atoms with Gasteiger partial charge in [0.1, 0.15) is 6.04 Å². The lowest BCUT2D eigenvalue weighted by Gasteiger charge is -2.44. The van der Waals surface area contributed by atoms with Crippen LogP contribution in [0.5, 0.6) is 0 Å². The van der Waals surface area contributed by atoms with Crippen LogP contribution in [0.25, 0.3) is 0 Å². The summed E-state index contributed by atoms with van der Waals surface area (Å²) < 4.78 is 0. The van der Waals surface area contributed by atoms with Gasteiger partial charge in [0.05, 0.1) is 17.2 Å². The number of fused-ring (bicyclic) bond motifs is 3. The van der Waals surface area contributed by atoms with Crippen LogP contribution in [0.2, 0.25) is 0 Å². The van der Waals surface area contributed by atoms with Crippen molar-refractivity contribution in [3.63, 3.8) is 0 Å². The van der Waals surface area contributed by atoms with E-state index in [4.69, 9.17) is 0 Å². The maximum atomic E-state index is 13.3. The first kappa shape index (κ1) is 25.8. The molecule has 2 bridgehead atoms. The zero-order valence-electron chi connectivity index (χ0n) is 22.7. The molecule has 4 heterocycles. The van der Waals surface area contributed by atoms with Gasteiger partial charge in [-0.2, -0.15) is 0 Å². The van der Waals surface area contributed by atoms with E-state index in [1.54, 1.807) is 6.07 Å². The molecule has 1 N–H and O–H groups in total. The van der Waals surface area contributed by atoms with E-state index in [1.165, 1.54) is 11.1 Å². The zero-order chi connectivity index (χ0) is 28.1. The summed E-state index contributed by atoms with van der Waals surface area (Å²) in [5, 5.41) is 2.25. The van der Waals surface area contributed by atoms with Crippen LogP contribution in [0.4, 0.5) is 0 Å². The molecule has 7 rings (SSSR count). The SMILES string of the molecule is O=C1CCC(N2C(=O)c3ccc(CN4C5CCC4CN(C(c4ccccc4)c4ccccc4)C5)cc3C2=O)C(=O)N1. The van der Waals surface area contributed by atoms with Gasteiger partial charge in [-0.15, -0.1) is 0 Å². The van der Waals surface area contributed by atoms with Gasteiger partial charge in [0, 0.05) is 38.1 Å². The lowest BCUT2D eigenvalue weighted by molar-refractivity contribution is -0.136. The number of nitrogens with zero attached hydrogens (tertiary/aromatic N) is 3. The number of likely N-dealkylation sites (tertiary alicyclic amines) is 1. The van der Waals surface area contributed by atoms with E-state index in [-0.39, 0.29) is 24.8 Å². The molecule has 4 amide bonds. The maximum absolute atomic E-state index is 13.3. The van der Waals surface area contributed by atoms with E-state index < -0.39 is 23.8 Å². The van der Waals surface area contributed by atoms with Gasteiger partial charge in [0.25, 0.3) is 11.8 Å². The second kappa shape index (κ2) is 10.4. The average molecular weight is 549 g/mol. The highest BCUT2D eigenvalue weighted by atomic mass is 16.2. The van der Waals surface area contributed by atoms with Gasteiger partial charge in [0.15, 0.2) is 0 Å². The molecule has 0 saturated carbocycles. The molecule has 3 atom stereocenters. The van der Waals surface area contributed by atoms with Gasteiger partial charge in [-0.25, -0.2) is 0 Å². The lowest BCUT2D eigenvalue weighted by atomic mass is 9.95. The Hall–Kier alpha value is -4.14. The highest BCUT2D eigenvalue weighted by Crippen LogP contribution is 2.38. The zero-order valence-corrected chi connectivity index (χ0v) is 22.7. The molecule has 8 heteroatoms. The molecule has 41 heavy (non-hydrogen) atoms. The van der Waals surface area contributed by atoms with Crippen molar-refractivity contribution in [2.24, 2.45) is 0 Å². The molecule has 3 fully saturated rings. The summed E-state index contributed by atoms with van der Waals surface area (Å²) in [6, 6.07) is 26.9. The largest absolute Gasteiger partial charge is 0.295 e. The van der Waals surface area contributed by atoms with E-state index in [0.29, 0.717) is 29.8 Å². The van der Waals surface area contributed by atoms with Crippen molar-refractivity contribution in [3.05, 3.63) is 107 Å². The molecule has 8 nitrogen and oxygen atoms in total. The number of imide groups is 2. The molecule has 208 valence electrons. The van der Waals surface area contributed by atoms with Crippen molar-refractivity contribution in [1.29, 1.82) is 0 Å². The molecule has 0 spiro atoms. The van der Waals surface area contributed by atoms with E-state index in [0.717, 1.165) is 36.4 Å². The van der Waals surface area contributed by atoms with Crippen LogP contribution in [0.15, 0.2) is 78.9 Å². The fourth-order valence-corrected chi connectivity index (χ4v) is 7.20. The Bertz CT molecular complexity index is 1470. The molecule has 3 aromatic rings. The van der Waals surface area contributed by atoms with Crippen LogP contribution < -0.4 is 5.32 Å². The predicted octanol–water partition coefficient (Wildman–Crippen LogP) is 3.53. The molecule has 0 aliphatic carbocycles. The predicted molar refractivity (Wildman–Crippen MR) is 152 cm³/mol. The van der Waals surface area contributed by atoms with Crippen molar-refractivity contribution in [2.75, 3.05) is 13.1 Å². The van der Waals surface area contributed by atoms with Crippen LogP contribution >= 0.6 is 0 Å². The number of benzene rings is 3. The van der Waals surface area contributed by atoms with Gasteiger partial charge < -0.3 is 0 Å². The van der Waals surface area contributed by atoms with Crippen LogP contribution in [0, 0.1) is 0 Å². The normalized spacial score (nSPS) is 24.7. The summed E-state index contributed by atoms with van der Waals surface area (Å²) in [4.78, 5) is 56.6. The van der Waals surface area contributed by atoms with Crippen molar-refractivity contribution in [2.45, 2.75) is 56.4 Å². The van der Waals surface area contributed by atoms with Gasteiger partial charge in [-0.1, -0.05) is 66.7 Å². The van der Waals surface area contributed by atoms with Crippen molar-refractivity contribution in [1.82, 2.24) is 20.0 Å². The highest BCUT2D eigenvalue weighted by Gasteiger charge is 2.45. The molecule has 3 unspecified atom stereocenters. The van der Waals surface area contributed by atoms with Crippen molar-refractivity contribution in [3.8, 4) is 0 Å². The quantitative estimate of drug-likeness (QED) is 0.474.